The van der Waals surface area contributed by atoms with Crippen LogP contribution in [0, 0.1) is 5.92 Å². The SMILES string of the molecule is COc1cc(C=CC(=O)Nc2ccc(NC(=O)C(O)C(N)CCC3CCCCC3)cc2)cc(OC)c1OC. The normalized spacial score (nSPS) is 15.5. The van der Waals surface area contributed by atoms with E-state index in [2.05, 4.69) is 10.6 Å². The summed E-state index contributed by atoms with van der Waals surface area (Å²) in [5.41, 5.74) is 7.85. The zero-order valence-corrected chi connectivity index (χ0v) is 22.4. The lowest BCUT2D eigenvalue weighted by Crippen LogP contribution is -2.43. The lowest BCUT2D eigenvalue weighted by atomic mass is 9.85. The monoisotopic (exact) mass is 525 g/mol. The number of carbonyl (C=O) groups is 2. The van der Waals surface area contributed by atoms with Crippen molar-refractivity contribution in [1.82, 2.24) is 0 Å². The van der Waals surface area contributed by atoms with Crippen LogP contribution < -0.4 is 30.6 Å². The molecule has 0 saturated heterocycles. The number of hydrogen-bond donors (Lipinski definition) is 4. The van der Waals surface area contributed by atoms with Gasteiger partial charge in [-0.25, -0.2) is 0 Å². The molecule has 1 aliphatic carbocycles. The van der Waals surface area contributed by atoms with Gasteiger partial charge in [0.05, 0.1) is 21.3 Å². The Hall–Kier alpha value is -3.56. The summed E-state index contributed by atoms with van der Waals surface area (Å²) in [5, 5.41) is 15.8. The van der Waals surface area contributed by atoms with Crippen LogP contribution in [-0.4, -0.2) is 50.4 Å². The van der Waals surface area contributed by atoms with Crippen LogP contribution in [0.4, 0.5) is 11.4 Å². The first-order chi connectivity index (χ1) is 18.3. The van der Waals surface area contributed by atoms with Crippen molar-refractivity contribution in [2.75, 3.05) is 32.0 Å². The molecule has 2 unspecified atom stereocenters. The quantitative estimate of drug-likeness (QED) is 0.303. The Labute approximate surface area is 224 Å². The molecule has 5 N–H and O–H groups in total. The van der Waals surface area contributed by atoms with Crippen molar-refractivity contribution in [3.05, 3.63) is 48.0 Å². The number of amides is 2. The summed E-state index contributed by atoms with van der Waals surface area (Å²) in [6, 6.07) is 9.49. The van der Waals surface area contributed by atoms with E-state index in [9.17, 15) is 14.7 Å². The summed E-state index contributed by atoms with van der Waals surface area (Å²) in [6.45, 7) is 0. The fourth-order valence-electron chi connectivity index (χ4n) is 4.66. The summed E-state index contributed by atoms with van der Waals surface area (Å²) < 4.78 is 16.0. The van der Waals surface area contributed by atoms with Crippen LogP contribution in [0.5, 0.6) is 17.2 Å². The van der Waals surface area contributed by atoms with Gasteiger partial charge in [0.2, 0.25) is 11.7 Å². The van der Waals surface area contributed by atoms with Gasteiger partial charge in [0, 0.05) is 23.5 Å². The highest BCUT2D eigenvalue weighted by atomic mass is 16.5. The van der Waals surface area contributed by atoms with Crippen LogP contribution in [0.1, 0.15) is 50.5 Å². The molecule has 9 nitrogen and oxygen atoms in total. The van der Waals surface area contributed by atoms with Crippen LogP contribution >= 0.6 is 0 Å². The summed E-state index contributed by atoms with van der Waals surface area (Å²) in [7, 11) is 4.57. The van der Waals surface area contributed by atoms with E-state index in [0.717, 1.165) is 6.42 Å². The Balaban J connectivity index is 1.50. The molecule has 3 rings (SSSR count). The Morgan fingerprint density at radius 3 is 2.11 bits per heavy atom. The first kappa shape index (κ1) is 29.0. The minimum absolute atomic E-state index is 0.338. The molecule has 0 heterocycles. The predicted octanol–water partition coefficient (Wildman–Crippen LogP) is 4.35. The van der Waals surface area contributed by atoms with Crippen molar-refractivity contribution in [3.8, 4) is 17.2 Å². The number of anilines is 2. The molecule has 2 aromatic carbocycles. The average molecular weight is 526 g/mol. The molecule has 1 fully saturated rings. The third kappa shape index (κ3) is 8.22. The number of benzene rings is 2. The van der Waals surface area contributed by atoms with Crippen molar-refractivity contribution in [3.63, 3.8) is 0 Å². The maximum atomic E-state index is 12.5. The predicted molar refractivity (Wildman–Crippen MR) is 149 cm³/mol. The molecule has 0 radical (unpaired) electrons. The van der Waals surface area contributed by atoms with E-state index in [0.29, 0.717) is 46.5 Å². The molecule has 0 aromatic heterocycles. The number of nitrogens with two attached hydrogens (primary N) is 1. The van der Waals surface area contributed by atoms with Gasteiger partial charge in [-0.1, -0.05) is 32.1 Å². The highest BCUT2D eigenvalue weighted by Crippen LogP contribution is 2.38. The van der Waals surface area contributed by atoms with E-state index >= 15 is 0 Å². The smallest absolute Gasteiger partial charge is 0.254 e. The Morgan fingerprint density at radius 1 is 0.974 bits per heavy atom. The summed E-state index contributed by atoms with van der Waals surface area (Å²) >= 11 is 0. The maximum absolute atomic E-state index is 12.5. The van der Waals surface area contributed by atoms with E-state index in [1.54, 1.807) is 42.5 Å². The minimum atomic E-state index is -1.28. The number of aliphatic hydroxyl groups is 1. The van der Waals surface area contributed by atoms with Gasteiger partial charge < -0.3 is 35.7 Å². The second-order valence-corrected chi connectivity index (χ2v) is 9.54. The molecule has 1 saturated carbocycles. The average Bonchev–Trinajstić information content (AvgIpc) is 2.95. The van der Waals surface area contributed by atoms with Gasteiger partial charge in [0.1, 0.15) is 6.10 Å². The second kappa shape index (κ2) is 14.4. The summed E-state index contributed by atoms with van der Waals surface area (Å²) in [4.78, 5) is 24.9. The van der Waals surface area contributed by atoms with Crippen LogP contribution in [0.25, 0.3) is 6.08 Å². The Morgan fingerprint density at radius 2 is 1.55 bits per heavy atom. The molecule has 0 aliphatic heterocycles. The van der Waals surface area contributed by atoms with Gasteiger partial charge in [-0.15, -0.1) is 0 Å². The lowest BCUT2D eigenvalue weighted by molar-refractivity contribution is -0.125. The fourth-order valence-corrected chi connectivity index (χ4v) is 4.66. The zero-order chi connectivity index (χ0) is 27.5. The topological polar surface area (TPSA) is 132 Å². The van der Waals surface area contributed by atoms with Gasteiger partial charge in [-0.3, -0.25) is 9.59 Å². The van der Waals surface area contributed by atoms with Crippen molar-refractivity contribution < 1.29 is 28.9 Å². The zero-order valence-electron chi connectivity index (χ0n) is 22.4. The molecule has 2 amide bonds. The Kier molecular flexibility index (Phi) is 11.0. The van der Waals surface area contributed by atoms with Gasteiger partial charge in [-0.05, 0) is 66.8 Å². The van der Waals surface area contributed by atoms with Crippen molar-refractivity contribution in [2.45, 2.75) is 57.1 Å². The third-order valence-corrected chi connectivity index (χ3v) is 6.84. The van der Waals surface area contributed by atoms with Crippen molar-refractivity contribution in [1.29, 1.82) is 0 Å². The summed E-state index contributed by atoms with van der Waals surface area (Å²) in [6.07, 6.45) is 9.51. The Bertz CT molecular complexity index is 1070. The number of methoxy groups -OCH3 is 3. The van der Waals surface area contributed by atoms with Crippen LogP contribution in [-0.2, 0) is 9.59 Å². The molecule has 38 heavy (non-hydrogen) atoms. The van der Waals surface area contributed by atoms with Gasteiger partial charge in [0.25, 0.3) is 5.91 Å². The maximum Gasteiger partial charge on any atom is 0.254 e. The molecule has 206 valence electrons. The number of rotatable bonds is 12. The molecule has 0 spiro atoms. The van der Waals surface area contributed by atoms with E-state index in [4.69, 9.17) is 19.9 Å². The summed E-state index contributed by atoms with van der Waals surface area (Å²) in [5.74, 6) is 1.21. The highest BCUT2D eigenvalue weighted by molar-refractivity contribution is 6.02. The van der Waals surface area contributed by atoms with E-state index in [1.165, 1.54) is 59.5 Å². The highest BCUT2D eigenvalue weighted by Gasteiger charge is 2.24. The molecule has 1 aliphatic rings. The second-order valence-electron chi connectivity index (χ2n) is 9.54. The van der Waals surface area contributed by atoms with Crippen molar-refractivity contribution in [2.24, 2.45) is 11.7 Å². The van der Waals surface area contributed by atoms with Gasteiger partial charge in [0.15, 0.2) is 11.5 Å². The van der Waals surface area contributed by atoms with Crippen molar-refractivity contribution >= 4 is 29.3 Å². The number of hydrogen-bond acceptors (Lipinski definition) is 7. The molecular weight excluding hydrogens is 486 g/mol. The molecule has 0 bridgehead atoms. The van der Waals surface area contributed by atoms with E-state index in [1.807, 2.05) is 0 Å². The molecular formula is C29H39N3O6. The first-order valence-corrected chi connectivity index (χ1v) is 13.0. The van der Waals surface area contributed by atoms with E-state index < -0.39 is 18.1 Å². The molecule has 2 atom stereocenters. The number of nitrogens with one attached hydrogen (secondary N) is 2. The largest absolute Gasteiger partial charge is 0.493 e. The standard InChI is InChI=1S/C29H39N3O6/c1-36-24-17-20(18-25(37-2)28(24)38-3)10-16-26(33)31-21-11-13-22(14-12-21)32-29(35)27(34)23(30)15-9-19-7-5-4-6-8-19/h10-14,16-19,23,27,34H,4-9,15,30H2,1-3H3,(H,31,33)(H,32,35). The fraction of sp³-hybridized carbons (Fsp3) is 0.448. The van der Waals surface area contributed by atoms with Crippen LogP contribution in [0.15, 0.2) is 42.5 Å². The minimum Gasteiger partial charge on any atom is -0.493 e. The molecule has 9 heteroatoms. The van der Waals surface area contributed by atoms with E-state index in [-0.39, 0.29) is 5.91 Å². The van der Waals surface area contributed by atoms with Gasteiger partial charge >= 0.3 is 0 Å². The van der Waals surface area contributed by atoms with Crippen LogP contribution in [0.2, 0.25) is 0 Å². The third-order valence-electron chi connectivity index (χ3n) is 6.84. The van der Waals surface area contributed by atoms with Crippen LogP contribution in [0.3, 0.4) is 0 Å². The first-order valence-electron chi connectivity index (χ1n) is 13.0. The molecule has 2 aromatic rings. The van der Waals surface area contributed by atoms with Gasteiger partial charge in [-0.2, -0.15) is 0 Å². The number of ether oxygens (including phenoxy) is 3. The number of carbonyl (C=O) groups excluding carboxylic acids is 2. The lowest BCUT2D eigenvalue weighted by Gasteiger charge is -2.24. The number of aliphatic hydroxyl groups excluding tert-OH is 1.